The molecule has 0 heterocycles. The van der Waals surface area contributed by atoms with Gasteiger partial charge in [0.15, 0.2) is 0 Å². The topological polar surface area (TPSA) is 26.0 Å². The van der Waals surface area contributed by atoms with Gasteiger partial charge in [0.05, 0.1) is 0 Å². The summed E-state index contributed by atoms with van der Waals surface area (Å²) in [4.78, 5) is 0. The number of nitrogens with two attached hydrogens (primary N) is 1. The molecule has 1 nitrogen and oxygen atoms in total. The molecule has 1 heteroatoms. The second kappa shape index (κ2) is 4.81. The van der Waals surface area contributed by atoms with Gasteiger partial charge in [-0.1, -0.05) is 56.0 Å². The fourth-order valence-electron chi connectivity index (χ4n) is 4.00. The summed E-state index contributed by atoms with van der Waals surface area (Å²) in [6, 6.07) is 11.3. The molecule has 3 rings (SSSR count). The molecule has 1 aromatic rings. The summed E-state index contributed by atoms with van der Waals surface area (Å²) in [5, 5.41) is 0. The summed E-state index contributed by atoms with van der Waals surface area (Å²) in [6.45, 7) is 0. The van der Waals surface area contributed by atoms with Crippen molar-refractivity contribution in [2.45, 2.75) is 50.5 Å². The Morgan fingerprint density at radius 3 is 2.24 bits per heavy atom. The van der Waals surface area contributed by atoms with E-state index in [0.717, 1.165) is 11.8 Å². The first-order chi connectivity index (χ1) is 8.34. The van der Waals surface area contributed by atoms with Gasteiger partial charge in [-0.25, -0.2) is 0 Å². The van der Waals surface area contributed by atoms with Crippen molar-refractivity contribution in [1.29, 1.82) is 0 Å². The molecule has 2 saturated carbocycles. The van der Waals surface area contributed by atoms with Gasteiger partial charge in [0.1, 0.15) is 0 Å². The van der Waals surface area contributed by atoms with Gasteiger partial charge < -0.3 is 5.73 Å². The molecular formula is C16H23N. The third kappa shape index (κ3) is 2.26. The molecule has 0 amide bonds. The molecule has 4 atom stereocenters. The summed E-state index contributed by atoms with van der Waals surface area (Å²) < 4.78 is 0. The average molecular weight is 229 g/mol. The molecule has 2 N–H and O–H groups in total. The van der Waals surface area contributed by atoms with Gasteiger partial charge in [0, 0.05) is 6.04 Å². The quantitative estimate of drug-likeness (QED) is 0.780. The van der Waals surface area contributed by atoms with E-state index in [2.05, 4.69) is 30.3 Å². The predicted molar refractivity (Wildman–Crippen MR) is 71.8 cm³/mol. The SMILES string of the molecule is N[C@H]1C[C@H]2CCCC[C@@H]2C[C@@H]1c1ccccc1. The molecule has 0 saturated heterocycles. The van der Waals surface area contributed by atoms with Crippen molar-refractivity contribution in [1.82, 2.24) is 0 Å². The number of hydrogen-bond donors (Lipinski definition) is 1. The smallest absolute Gasteiger partial charge is 0.0111 e. The van der Waals surface area contributed by atoms with Crippen LogP contribution in [-0.2, 0) is 0 Å². The number of rotatable bonds is 1. The van der Waals surface area contributed by atoms with Crippen LogP contribution in [0.15, 0.2) is 30.3 Å². The molecular weight excluding hydrogens is 206 g/mol. The van der Waals surface area contributed by atoms with Gasteiger partial charge in [-0.05, 0) is 36.2 Å². The van der Waals surface area contributed by atoms with Crippen LogP contribution in [0.5, 0.6) is 0 Å². The molecule has 0 radical (unpaired) electrons. The van der Waals surface area contributed by atoms with Gasteiger partial charge in [-0.15, -0.1) is 0 Å². The Labute approximate surface area is 104 Å². The van der Waals surface area contributed by atoms with Crippen LogP contribution < -0.4 is 5.73 Å². The van der Waals surface area contributed by atoms with Crippen molar-refractivity contribution in [3.8, 4) is 0 Å². The molecule has 0 bridgehead atoms. The minimum Gasteiger partial charge on any atom is -0.327 e. The van der Waals surface area contributed by atoms with E-state index in [1.807, 2.05) is 0 Å². The number of fused-ring (bicyclic) bond motifs is 1. The fourth-order valence-corrected chi connectivity index (χ4v) is 4.00. The molecule has 0 aliphatic heterocycles. The van der Waals surface area contributed by atoms with Crippen LogP contribution in [-0.4, -0.2) is 6.04 Å². The highest BCUT2D eigenvalue weighted by atomic mass is 14.7. The summed E-state index contributed by atoms with van der Waals surface area (Å²) in [5.74, 6) is 2.49. The Morgan fingerprint density at radius 1 is 0.882 bits per heavy atom. The minimum absolute atomic E-state index is 0.386. The van der Waals surface area contributed by atoms with E-state index >= 15 is 0 Å². The molecule has 2 aliphatic carbocycles. The first kappa shape index (κ1) is 11.3. The van der Waals surface area contributed by atoms with Crippen molar-refractivity contribution in [2.24, 2.45) is 17.6 Å². The summed E-state index contributed by atoms with van der Waals surface area (Å²) in [5.41, 5.74) is 7.88. The zero-order valence-electron chi connectivity index (χ0n) is 10.5. The molecule has 1 aromatic carbocycles. The highest BCUT2D eigenvalue weighted by Gasteiger charge is 2.36. The van der Waals surface area contributed by atoms with Gasteiger partial charge in [-0.3, -0.25) is 0 Å². The third-order valence-electron chi connectivity index (χ3n) is 4.94. The highest BCUT2D eigenvalue weighted by molar-refractivity contribution is 5.22. The lowest BCUT2D eigenvalue weighted by molar-refractivity contribution is 0.139. The van der Waals surface area contributed by atoms with Crippen LogP contribution in [0.3, 0.4) is 0 Å². The van der Waals surface area contributed by atoms with E-state index in [-0.39, 0.29) is 0 Å². The van der Waals surface area contributed by atoms with Crippen LogP contribution in [0, 0.1) is 11.8 Å². The fraction of sp³-hybridized carbons (Fsp3) is 0.625. The molecule has 2 aliphatic rings. The maximum Gasteiger partial charge on any atom is 0.0111 e. The Bertz CT molecular complexity index is 359. The average Bonchev–Trinajstić information content (AvgIpc) is 2.39. The van der Waals surface area contributed by atoms with E-state index in [1.54, 1.807) is 0 Å². The molecule has 0 spiro atoms. The summed E-state index contributed by atoms with van der Waals surface area (Å²) >= 11 is 0. The zero-order chi connectivity index (χ0) is 11.7. The van der Waals surface area contributed by atoms with E-state index < -0.39 is 0 Å². The lowest BCUT2D eigenvalue weighted by atomic mass is 9.64. The van der Waals surface area contributed by atoms with Crippen LogP contribution in [0.2, 0.25) is 0 Å². The monoisotopic (exact) mass is 229 g/mol. The van der Waals surface area contributed by atoms with Crippen molar-refractivity contribution < 1.29 is 0 Å². The van der Waals surface area contributed by atoms with Crippen molar-refractivity contribution in [3.63, 3.8) is 0 Å². The first-order valence-electron chi connectivity index (χ1n) is 7.15. The van der Waals surface area contributed by atoms with Crippen LogP contribution in [0.1, 0.15) is 50.0 Å². The van der Waals surface area contributed by atoms with Crippen LogP contribution in [0.25, 0.3) is 0 Å². The van der Waals surface area contributed by atoms with Crippen molar-refractivity contribution in [2.75, 3.05) is 0 Å². The first-order valence-corrected chi connectivity index (χ1v) is 7.15. The predicted octanol–water partition coefficient (Wildman–Crippen LogP) is 3.70. The van der Waals surface area contributed by atoms with Crippen LogP contribution >= 0.6 is 0 Å². The molecule has 0 unspecified atom stereocenters. The minimum atomic E-state index is 0.386. The highest BCUT2D eigenvalue weighted by Crippen LogP contribution is 2.45. The number of hydrogen-bond acceptors (Lipinski definition) is 1. The molecule has 2 fully saturated rings. The third-order valence-corrected chi connectivity index (χ3v) is 4.94. The normalized spacial score (nSPS) is 37.5. The van der Waals surface area contributed by atoms with E-state index in [9.17, 15) is 0 Å². The Morgan fingerprint density at radius 2 is 1.53 bits per heavy atom. The van der Waals surface area contributed by atoms with Gasteiger partial charge in [0.2, 0.25) is 0 Å². The number of benzene rings is 1. The second-order valence-corrected chi connectivity index (χ2v) is 5.96. The largest absolute Gasteiger partial charge is 0.327 e. The van der Waals surface area contributed by atoms with E-state index in [0.29, 0.717) is 12.0 Å². The van der Waals surface area contributed by atoms with Gasteiger partial charge in [0.25, 0.3) is 0 Å². The van der Waals surface area contributed by atoms with Gasteiger partial charge in [-0.2, -0.15) is 0 Å². The second-order valence-electron chi connectivity index (χ2n) is 5.96. The maximum absolute atomic E-state index is 6.42. The van der Waals surface area contributed by atoms with Gasteiger partial charge >= 0.3 is 0 Å². The standard InChI is InChI=1S/C16H23N/c17-16-11-14-9-5-4-8-13(14)10-15(16)12-6-2-1-3-7-12/h1-3,6-7,13-16H,4-5,8-11,17H2/t13-,14-,15-,16+/m1/s1. The summed E-state index contributed by atoms with van der Waals surface area (Å²) in [6.07, 6.45) is 8.34. The lowest BCUT2D eigenvalue weighted by Crippen LogP contribution is -2.40. The Hall–Kier alpha value is -0.820. The van der Waals surface area contributed by atoms with E-state index in [1.165, 1.54) is 44.1 Å². The lowest BCUT2D eigenvalue weighted by Gasteiger charge is -2.43. The molecule has 17 heavy (non-hydrogen) atoms. The maximum atomic E-state index is 6.42. The Balaban J connectivity index is 1.78. The molecule has 0 aromatic heterocycles. The van der Waals surface area contributed by atoms with Crippen molar-refractivity contribution >= 4 is 0 Å². The van der Waals surface area contributed by atoms with E-state index in [4.69, 9.17) is 5.73 Å². The van der Waals surface area contributed by atoms with Crippen molar-refractivity contribution in [3.05, 3.63) is 35.9 Å². The molecule has 92 valence electrons. The van der Waals surface area contributed by atoms with Crippen LogP contribution in [0.4, 0.5) is 0 Å². The Kier molecular flexibility index (Phi) is 3.19. The zero-order valence-corrected chi connectivity index (χ0v) is 10.5. The summed E-state index contributed by atoms with van der Waals surface area (Å²) in [7, 11) is 0.